The van der Waals surface area contributed by atoms with Gasteiger partial charge >= 0.3 is 0 Å². The predicted molar refractivity (Wildman–Crippen MR) is 103 cm³/mol. The minimum Gasteiger partial charge on any atom is -0.481 e. The highest BCUT2D eigenvalue weighted by molar-refractivity contribution is 7.16. The van der Waals surface area contributed by atoms with Gasteiger partial charge in [0.2, 0.25) is 0 Å². The Morgan fingerprint density at radius 3 is 2.73 bits per heavy atom. The number of hydrogen-bond acceptors (Lipinski definition) is 4. The van der Waals surface area contributed by atoms with Crippen LogP contribution >= 0.6 is 11.3 Å². The van der Waals surface area contributed by atoms with E-state index in [-0.39, 0.29) is 19.1 Å². The van der Waals surface area contributed by atoms with E-state index in [1.165, 1.54) is 11.3 Å². The molecule has 1 aromatic carbocycles. The number of thiazole rings is 1. The molecule has 0 radical (unpaired) electrons. The first-order chi connectivity index (χ1) is 12.6. The van der Waals surface area contributed by atoms with E-state index in [4.69, 9.17) is 4.74 Å². The topological polar surface area (TPSA) is 56.1 Å². The van der Waals surface area contributed by atoms with Gasteiger partial charge in [0.05, 0.1) is 12.2 Å². The first-order valence-corrected chi connectivity index (χ1v) is 9.00. The monoisotopic (exact) mass is 365 g/mol. The van der Waals surface area contributed by atoms with Crippen molar-refractivity contribution in [3.8, 4) is 22.7 Å². The van der Waals surface area contributed by atoms with Crippen LogP contribution in [0.25, 0.3) is 5.13 Å². The molecule has 6 heteroatoms. The number of benzene rings is 1. The Hall–Kier alpha value is -3.04. The van der Waals surface area contributed by atoms with Gasteiger partial charge in [0, 0.05) is 12.4 Å². The number of aromatic nitrogens is 2. The average Bonchev–Trinajstić information content (AvgIpc) is 3.28. The van der Waals surface area contributed by atoms with Crippen LogP contribution in [0.15, 0.2) is 48.8 Å². The summed E-state index contributed by atoms with van der Waals surface area (Å²) in [7, 11) is 0. The molecule has 0 bridgehead atoms. The third kappa shape index (κ3) is 4.32. The van der Waals surface area contributed by atoms with E-state index in [1.54, 1.807) is 0 Å². The first-order valence-electron chi connectivity index (χ1n) is 8.18. The molecule has 2 aromatic heterocycles. The number of aryl methyl sites for hydroxylation is 2. The third-order valence-corrected chi connectivity index (χ3v) is 4.84. The van der Waals surface area contributed by atoms with Crippen molar-refractivity contribution >= 4 is 17.2 Å². The second-order valence-electron chi connectivity index (χ2n) is 5.59. The molecule has 0 unspecified atom stereocenters. The minimum atomic E-state index is -0.160. The lowest BCUT2D eigenvalue weighted by molar-refractivity contribution is 0.0962. The summed E-state index contributed by atoms with van der Waals surface area (Å²) in [4.78, 5) is 17.3. The quantitative estimate of drug-likeness (QED) is 0.706. The lowest BCUT2D eigenvalue weighted by Crippen LogP contribution is -2.23. The highest BCUT2D eigenvalue weighted by Gasteiger charge is 2.15. The Kier molecular flexibility index (Phi) is 5.72. The summed E-state index contributed by atoms with van der Waals surface area (Å²) in [5, 5.41) is 3.57. The van der Waals surface area contributed by atoms with E-state index in [2.05, 4.69) is 22.1 Å². The van der Waals surface area contributed by atoms with E-state index in [9.17, 15) is 4.79 Å². The van der Waals surface area contributed by atoms with Crippen LogP contribution in [0, 0.1) is 25.7 Å². The molecule has 2 heterocycles. The van der Waals surface area contributed by atoms with Gasteiger partial charge in [0.15, 0.2) is 5.13 Å². The zero-order valence-corrected chi connectivity index (χ0v) is 15.5. The van der Waals surface area contributed by atoms with E-state index in [1.807, 2.05) is 67.2 Å². The van der Waals surface area contributed by atoms with Crippen molar-refractivity contribution in [1.29, 1.82) is 0 Å². The molecule has 3 rings (SSSR count). The van der Waals surface area contributed by atoms with Crippen LogP contribution in [0.4, 0.5) is 0 Å². The number of carbonyl (C=O) groups is 1. The van der Waals surface area contributed by atoms with E-state index in [0.29, 0.717) is 10.6 Å². The molecule has 26 heavy (non-hydrogen) atoms. The molecule has 3 aromatic rings. The van der Waals surface area contributed by atoms with Crippen molar-refractivity contribution in [1.82, 2.24) is 14.9 Å². The molecule has 0 aliphatic carbocycles. The van der Waals surface area contributed by atoms with Gasteiger partial charge in [-0.15, -0.1) is 0 Å². The van der Waals surface area contributed by atoms with Crippen LogP contribution in [-0.4, -0.2) is 28.6 Å². The zero-order chi connectivity index (χ0) is 18.4. The van der Waals surface area contributed by atoms with Gasteiger partial charge in [-0.1, -0.05) is 41.4 Å². The van der Waals surface area contributed by atoms with Crippen molar-refractivity contribution < 1.29 is 9.53 Å². The van der Waals surface area contributed by atoms with Gasteiger partial charge in [-0.2, -0.15) is 0 Å². The molecule has 0 saturated heterocycles. The molecule has 0 aliphatic heterocycles. The van der Waals surface area contributed by atoms with E-state index >= 15 is 0 Å². The normalized spacial score (nSPS) is 10.1. The van der Waals surface area contributed by atoms with Gasteiger partial charge in [0.1, 0.15) is 17.2 Å². The predicted octanol–water partition coefficient (Wildman–Crippen LogP) is 3.36. The molecule has 0 spiro atoms. The smallest absolute Gasteiger partial charge is 0.264 e. The molecular formula is C20H19N3O2S. The van der Waals surface area contributed by atoms with Gasteiger partial charge in [-0.3, -0.25) is 4.79 Å². The number of nitrogens with one attached hydrogen (secondary N) is 1. The molecule has 132 valence electrons. The molecule has 5 nitrogen and oxygen atoms in total. The molecule has 1 amide bonds. The summed E-state index contributed by atoms with van der Waals surface area (Å²) < 4.78 is 7.48. The van der Waals surface area contributed by atoms with Crippen LogP contribution in [0.2, 0.25) is 0 Å². The van der Waals surface area contributed by atoms with Crippen molar-refractivity contribution in [2.75, 3.05) is 13.2 Å². The number of rotatable bonds is 5. The lowest BCUT2D eigenvalue weighted by Gasteiger charge is -2.04. The number of para-hydroxylation sites is 1. The van der Waals surface area contributed by atoms with E-state index < -0.39 is 0 Å². The Morgan fingerprint density at radius 2 is 1.96 bits per heavy atom. The average molecular weight is 365 g/mol. The Morgan fingerprint density at radius 1 is 1.19 bits per heavy atom. The fourth-order valence-electron chi connectivity index (χ4n) is 2.32. The number of hydrogen-bond donors (Lipinski definition) is 1. The summed E-state index contributed by atoms with van der Waals surface area (Å²) in [5.74, 6) is 6.47. The SMILES string of the molecule is Cc1ccccc1OCC#CCNC(=O)c1sc(-n2cccc2)nc1C. The summed E-state index contributed by atoms with van der Waals surface area (Å²) in [6.07, 6.45) is 3.81. The molecule has 0 aliphatic rings. The summed E-state index contributed by atoms with van der Waals surface area (Å²) in [6, 6.07) is 11.6. The second-order valence-corrected chi connectivity index (χ2v) is 6.57. The van der Waals surface area contributed by atoms with Gasteiger partial charge in [-0.05, 0) is 37.6 Å². The maximum absolute atomic E-state index is 12.3. The van der Waals surface area contributed by atoms with Gasteiger partial charge < -0.3 is 14.6 Å². The van der Waals surface area contributed by atoms with Crippen molar-refractivity contribution in [3.05, 3.63) is 64.9 Å². The second kappa shape index (κ2) is 8.37. The van der Waals surface area contributed by atoms with Crippen molar-refractivity contribution in [2.24, 2.45) is 0 Å². The summed E-state index contributed by atoms with van der Waals surface area (Å²) >= 11 is 1.36. The fourth-order valence-corrected chi connectivity index (χ4v) is 3.27. The molecule has 0 saturated carbocycles. The largest absolute Gasteiger partial charge is 0.481 e. The van der Waals surface area contributed by atoms with Crippen LogP contribution in [0.3, 0.4) is 0 Å². The van der Waals surface area contributed by atoms with Crippen LogP contribution in [-0.2, 0) is 0 Å². The lowest BCUT2D eigenvalue weighted by atomic mass is 10.2. The van der Waals surface area contributed by atoms with Crippen molar-refractivity contribution in [2.45, 2.75) is 13.8 Å². The zero-order valence-electron chi connectivity index (χ0n) is 14.7. The number of carbonyl (C=O) groups excluding carboxylic acids is 1. The molecule has 1 N–H and O–H groups in total. The van der Waals surface area contributed by atoms with E-state index in [0.717, 1.165) is 16.4 Å². The summed E-state index contributed by atoms with van der Waals surface area (Å²) in [6.45, 7) is 4.38. The first kappa shape index (κ1) is 17.8. The third-order valence-electron chi connectivity index (χ3n) is 3.67. The Balaban J connectivity index is 1.50. The van der Waals surface area contributed by atoms with Gasteiger partial charge in [0.25, 0.3) is 5.91 Å². The molecular weight excluding hydrogens is 346 g/mol. The van der Waals surface area contributed by atoms with Crippen LogP contribution in [0.5, 0.6) is 5.75 Å². The van der Waals surface area contributed by atoms with Crippen LogP contribution in [0.1, 0.15) is 20.9 Å². The van der Waals surface area contributed by atoms with Crippen molar-refractivity contribution in [3.63, 3.8) is 0 Å². The van der Waals surface area contributed by atoms with Gasteiger partial charge in [-0.25, -0.2) is 4.98 Å². The fraction of sp³-hybridized carbons (Fsp3) is 0.200. The maximum atomic E-state index is 12.3. The molecule has 0 fully saturated rings. The highest BCUT2D eigenvalue weighted by Crippen LogP contribution is 2.21. The summed E-state index contributed by atoms with van der Waals surface area (Å²) in [5.41, 5.74) is 1.79. The Bertz CT molecular complexity index is 949. The number of ether oxygens (including phenoxy) is 1. The standard InChI is InChI=1S/C20H19N3O2S/c1-15-9-3-4-10-17(15)25-14-8-5-11-21-19(24)18-16(2)22-20(26-18)23-12-6-7-13-23/h3-4,6-7,9-10,12-13H,11,14H2,1-2H3,(H,21,24). The number of nitrogens with zero attached hydrogens (tertiary/aromatic N) is 2. The number of amides is 1. The van der Waals surface area contributed by atoms with Crippen LogP contribution < -0.4 is 10.1 Å². The highest BCUT2D eigenvalue weighted by atomic mass is 32.1. The maximum Gasteiger partial charge on any atom is 0.264 e. The molecule has 0 atom stereocenters. The minimum absolute atomic E-state index is 0.160. The Labute approximate surface area is 156 Å².